The predicted molar refractivity (Wildman–Crippen MR) is 76.3 cm³/mol. The number of pyridine rings is 1. The van der Waals surface area contributed by atoms with Crippen LogP contribution >= 0.6 is 0 Å². The van der Waals surface area contributed by atoms with E-state index < -0.39 is 11.7 Å². The zero-order chi connectivity index (χ0) is 15.7. The van der Waals surface area contributed by atoms with Crippen LogP contribution in [0.5, 0.6) is 0 Å². The Balaban J connectivity index is 2.87. The standard InChI is InChI=1S/C13H21FN4O3/c1-20-8-3-6-18(7-9-21-2)13(19)10-4-5-16-12(17-15)11(10)14/h4-5H,3,6-9,15H2,1-2H3,(H,16,17). The summed E-state index contributed by atoms with van der Waals surface area (Å²) >= 11 is 0. The largest absolute Gasteiger partial charge is 0.385 e. The molecule has 0 fully saturated rings. The summed E-state index contributed by atoms with van der Waals surface area (Å²) < 4.78 is 24.0. The van der Waals surface area contributed by atoms with E-state index in [0.29, 0.717) is 32.7 Å². The van der Waals surface area contributed by atoms with Crippen molar-refractivity contribution in [1.82, 2.24) is 9.88 Å². The van der Waals surface area contributed by atoms with Crippen LogP contribution in [0.15, 0.2) is 12.3 Å². The molecule has 0 spiro atoms. The van der Waals surface area contributed by atoms with Crippen molar-refractivity contribution < 1.29 is 18.7 Å². The summed E-state index contributed by atoms with van der Waals surface area (Å²) in [6.45, 7) is 1.70. The Morgan fingerprint density at radius 3 is 2.71 bits per heavy atom. The van der Waals surface area contributed by atoms with E-state index in [1.54, 1.807) is 14.2 Å². The Labute approximate surface area is 123 Å². The van der Waals surface area contributed by atoms with Gasteiger partial charge in [0, 0.05) is 40.1 Å². The molecule has 0 aliphatic carbocycles. The van der Waals surface area contributed by atoms with Crippen LogP contribution in [-0.4, -0.2) is 56.3 Å². The molecule has 1 aromatic heterocycles. The number of aromatic nitrogens is 1. The maximum absolute atomic E-state index is 14.1. The summed E-state index contributed by atoms with van der Waals surface area (Å²) in [5.41, 5.74) is 2.05. The maximum Gasteiger partial charge on any atom is 0.257 e. The summed E-state index contributed by atoms with van der Waals surface area (Å²) in [5, 5.41) is 0. The van der Waals surface area contributed by atoms with Gasteiger partial charge in [0.05, 0.1) is 12.2 Å². The lowest BCUT2D eigenvalue weighted by atomic mass is 10.2. The van der Waals surface area contributed by atoms with Crippen LogP contribution < -0.4 is 11.3 Å². The molecule has 0 aliphatic rings. The number of halogens is 1. The molecule has 0 atom stereocenters. The van der Waals surface area contributed by atoms with E-state index in [9.17, 15) is 9.18 Å². The number of hydrogen-bond acceptors (Lipinski definition) is 6. The zero-order valence-corrected chi connectivity index (χ0v) is 12.3. The Morgan fingerprint density at radius 2 is 2.10 bits per heavy atom. The van der Waals surface area contributed by atoms with Crippen molar-refractivity contribution in [3.63, 3.8) is 0 Å². The molecule has 0 saturated carbocycles. The number of nitrogens with two attached hydrogens (primary N) is 1. The molecule has 1 rings (SSSR count). The highest BCUT2D eigenvalue weighted by molar-refractivity contribution is 5.95. The van der Waals surface area contributed by atoms with E-state index in [1.165, 1.54) is 17.2 Å². The Bertz CT molecular complexity index is 459. The van der Waals surface area contributed by atoms with E-state index in [-0.39, 0.29) is 11.4 Å². The van der Waals surface area contributed by atoms with Gasteiger partial charge in [0.1, 0.15) is 0 Å². The molecule has 3 N–H and O–H groups in total. The van der Waals surface area contributed by atoms with Crippen LogP contribution in [-0.2, 0) is 9.47 Å². The van der Waals surface area contributed by atoms with Gasteiger partial charge in [0.25, 0.3) is 5.91 Å². The number of amides is 1. The lowest BCUT2D eigenvalue weighted by Crippen LogP contribution is -2.36. The van der Waals surface area contributed by atoms with E-state index >= 15 is 0 Å². The monoisotopic (exact) mass is 300 g/mol. The third-order valence-corrected chi connectivity index (χ3v) is 2.89. The summed E-state index contributed by atoms with van der Waals surface area (Å²) in [7, 11) is 3.13. The van der Waals surface area contributed by atoms with Crippen molar-refractivity contribution in [2.75, 3.05) is 45.9 Å². The number of methoxy groups -OCH3 is 2. The highest BCUT2D eigenvalue weighted by Gasteiger charge is 2.21. The highest BCUT2D eigenvalue weighted by Crippen LogP contribution is 2.16. The summed E-state index contributed by atoms with van der Waals surface area (Å²) in [6.07, 6.45) is 1.98. The molecule has 0 unspecified atom stereocenters. The minimum Gasteiger partial charge on any atom is -0.385 e. The number of nitrogens with one attached hydrogen (secondary N) is 1. The highest BCUT2D eigenvalue weighted by atomic mass is 19.1. The fourth-order valence-corrected chi connectivity index (χ4v) is 1.80. The third-order valence-electron chi connectivity index (χ3n) is 2.89. The summed E-state index contributed by atoms with van der Waals surface area (Å²) in [4.78, 5) is 17.7. The SMILES string of the molecule is COCCCN(CCOC)C(=O)c1ccnc(NN)c1F. The van der Waals surface area contributed by atoms with Gasteiger partial charge in [0.2, 0.25) is 0 Å². The van der Waals surface area contributed by atoms with Crippen molar-refractivity contribution in [3.05, 3.63) is 23.6 Å². The quantitative estimate of drug-likeness (QED) is 0.395. The van der Waals surface area contributed by atoms with Crippen LogP contribution in [0.25, 0.3) is 0 Å². The van der Waals surface area contributed by atoms with Crippen LogP contribution in [0.3, 0.4) is 0 Å². The number of carbonyl (C=O) groups is 1. The molecule has 0 bridgehead atoms. The number of ether oxygens (including phenoxy) is 2. The molecule has 1 heterocycles. The molecule has 0 saturated heterocycles. The van der Waals surface area contributed by atoms with Gasteiger partial charge in [-0.25, -0.2) is 15.2 Å². The Morgan fingerprint density at radius 1 is 1.38 bits per heavy atom. The molecule has 7 nitrogen and oxygen atoms in total. The molecular weight excluding hydrogens is 279 g/mol. The number of nitrogen functional groups attached to an aromatic ring is 1. The van der Waals surface area contributed by atoms with Gasteiger partial charge < -0.3 is 19.8 Å². The van der Waals surface area contributed by atoms with Crippen LogP contribution in [0.1, 0.15) is 16.8 Å². The first-order valence-electron chi connectivity index (χ1n) is 6.54. The van der Waals surface area contributed by atoms with Gasteiger partial charge in [0.15, 0.2) is 11.6 Å². The molecular formula is C13H21FN4O3. The van der Waals surface area contributed by atoms with Crippen LogP contribution in [0.2, 0.25) is 0 Å². The second-order valence-electron chi connectivity index (χ2n) is 4.30. The Hall–Kier alpha value is -1.77. The molecule has 1 amide bonds. The molecule has 0 aromatic carbocycles. The van der Waals surface area contributed by atoms with Gasteiger partial charge in [-0.3, -0.25) is 4.79 Å². The molecule has 118 valence electrons. The number of rotatable bonds is 9. The molecule has 8 heteroatoms. The minimum absolute atomic E-state index is 0.0773. The number of hydrogen-bond donors (Lipinski definition) is 2. The number of carbonyl (C=O) groups excluding carboxylic acids is 1. The number of nitrogens with zero attached hydrogens (tertiary/aromatic N) is 2. The fraction of sp³-hybridized carbons (Fsp3) is 0.538. The maximum atomic E-state index is 14.1. The number of hydrazine groups is 1. The lowest BCUT2D eigenvalue weighted by Gasteiger charge is -2.22. The molecule has 21 heavy (non-hydrogen) atoms. The van der Waals surface area contributed by atoms with Crippen molar-refractivity contribution in [3.8, 4) is 0 Å². The van der Waals surface area contributed by atoms with Gasteiger partial charge in [-0.05, 0) is 12.5 Å². The summed E-state index contributed by atoms with van der Waals surface area (Å²) in [5.74, 6) is 3.80. The van der Waals surface area contributed by atoms with Crippen molar-refractivity contribution in [2.45, 2.75) is 6.42 Å². The van der Waals surface area contributed by atoms with Gasteiger partial charge in [-0.15, -0.1) is 0 Å². The van der Waals surface area contributed by atoms with E-state index in [1.807, 2.05) is 0 Å². The fourth-order valence-electron chi connectivity index (χ4n) is 1.80. The van der Waals surface area contributed by atoms with Crippen molar-refractivity contribution >= 4 is 11.7 Å². The van der Waals surface area contributed by atoms with E-state index in [0.717, 1.165) is 0 Å². The lowest BCUT2D eigenvalue weighted by molar-refractivity contribution is 0.0669. The van der Waals surface area contributed by atoms with E-state index in [4.69, 9.17) is 15.3 Å². The van der Waals surface area contributed by atoms with Crippen molar-refractivity contribution in [2.24, 2.45) is 5.84 Å². The van der Waals surface area contributed by atoms with Gasteiger partial charge >= 0.3 is 0 Å². The predicted octanol–water partition coefficient (Wildman–Crippen LogP) is 0.631. The zero-order valence-electron chi connectivity index (χ0n) is 12.3. The first kappa shape index (κ1) is 17.3. The van der Waals surface area contributed by atoms with Gasteiger partial charge in [-0.1, -0.05) is 0 Å². The normalized spacial score (nSPS) is 10.5. The smallest absolute Gasteiger partial charge is 0.257 e. The second-order valence-corrected chi connectivity index (χ2v) is 4.30. The van der Waals surface area contributed by atoms with Crippen LogP contribution in [0.4, 0.5) is 10.2 Å². The average molecular weight is 300 g/mol. The Kier molecular flexibility index (Phi) is 7.59. The molecule has 1 aromatic rings. The topological polar surface area (TPSA) is 89.7 Å². The van der Waals surface area contributed by atoms with Crippen LogP contribution in [0, 0.1) is 5.82 Å². The third kappa shape index (κ3) is 4.92. The number of anilines is 1. The first-order chi connectivity index (χ1) is 10.2. The van der Waals surface area contributed by atoms with Gasteiger partial charge in [-0.2, -0.15) is 0 Å². The minimum atomic E-state index is -0.765. The average Bonchev–Trinajstić information content (AvgIpc) is 2.50. The first-order valence-corrected chi connectivity index (χ1v) is 6.54. The van der Waals surface area contributed by atoms with Crippen molar-refractivity contribution in [1.29, 1.82) is 0 Å². The summed E-state index contributed by atoms with van der Waals surface area (Å²) in [6, 6.07) is 1.33. The second kappa shape index (κ2) is 9.22. The van der Waals surface area contributed by atoms with E-state index in [2.05, 4.69) is 10.4 Å². The molecule has 0 aliphatic heterocycles. The molecule has 0 radical (unpaired) electrons.